The van der Waals surface area contributed by atoms with Crippen molar-refractivity contribution in [3.63, 3.8) is 0 Å². The number of hydrogen-bond acceptors (Lipinski definition) is 1. The molecule has 32 heavy (non-hydrogen) atoms. The molecule has 168 valence electrons. The maximum Gasteiger partial charge on any atom is 0.416 e. The molecule has 0 aliphatic rings. The molecule has 0 saturated heterocycles. The topological polar surface area (TPSA) is 29.1 Å². The first-order chi connectivity index (χ1) is 15.0. The predicted molar refractivity (Wildman–Crippen MR) is 109 cm³/mol. The third kappa shape index (κ3) is 6.35. The summed E-state index contributed by atoms with van der Waals surface area (Å²) in [4.78, 5) is 13.0. The van der Waals surface area contributed by atoms with E-state index in [1.165, 1.54) is 0 Å². The van der Waals surface area contributed by atoms with Crippen LogP contribution in [0.25, 0.3) is 0 Å². The van der Waals surface area contributed by atoms with Crippen LogP contribution in [0.5, 0.6) is 0 Å². The molecular weight excluding hydrogens is 432 g/mol. The lowest BCUT2D eigenvalue weighted by atomic mass is 9.91. The van der Waals surface area contributed by atoms with Crippen LogP contribution < -0.4 is 5.32 Å². The second-order valence-corrected chi connectivity index (χ2v) is 7.36. The Morgan fingerprint density at radius 2 is 1.09 bits per heavy atom. The fourth-order valence-corrected chi connectivity index (χ4v) is 3.33. The summed E-state index contributed by atoms with van der Waals surface area (Å²) >= 11 is 0. The summed E-state index contributed by atoms with van der Waals surface area (Å²) in [6, 6.07) is 19.0. The number of hydrogen-bond donors (Lipinski definition) is 1. The van der Waals surface area contributed by atoms with E-state index < -0.39 is 41.0 Å². The van der Waals surface area contributed by atoms with Crippen LogP contribution in [0.15, 0.2) is 78.9 Å². The van der Waals surface area contributed by atoms with E-state index >= 15 is 0 Å². The highest BCUT2D eigenvalue weighted by molar-refractivity contribution is 5.93. The van der Waals surface area contributed by atoms with Crippen LogP contribution in [0.3, 0.4) is 0 Å². The highest BCUT2D eigenvalue weighted by Gasteiger charge is 2.37. The van der Waals surface area contributed by atoms with Crippen molar-refractivity contribution < 1.29 is 31.1 Å². The first-order valence-electron chi connectivity index (χ1n) is 9.70. The summed E-state index contributed by atoms with van der Waals surface area (Å²) in [6.07, 6.45) is -9.44. The van der Waals surface area contributed by atoms with Crippen LogP contribution >= 0.6 is 0 Å². The van der Waals surface area contributed by atoms with Crippen LogP contribution in [-0.4, -0.2) is 5.91 Å². The molecule has 0 fully saturated rings. The van der Waals surface area contributed by atoms with Crippen molar-refractivity contribution in [3.05, 3.63) is 101 Å². The van der Waals surface area contributed by atoms with Crippen LogP contribution in [0.4, 0.5) is 32.0 Å². The molecule has 0 aliphatic heterocycles. The molecule has 0 saturated carbocycles. The van der Waals surface area contributed by atoms with Gasteiger partial charge < -0.3 is 5.32 Å². The smallest absolute Gasteiger partial charge is 0.326 e. The van der Waals surface area contributed by atoms with Crippen molar-refractivity contribution >= 4 is 11.6 Å². The molecule has 0 unspecified atom stereocenters. The third-order valence-corrected chi connectivity index (χ3v) is 4.88. The largest absolute Gasteiger partial charge is 0.416 e. The Morgan fingerprint density at radius 3 is 1.47 bits per heavy atom. The SMILES string of the molecule is O=C(Nc1cc(C(F)(F)F)cc(C(F)(F)F)c1)C(Cc1ccccc1)Cc1ccccc1. The van der Waals surface area contributed by atoms with E-state index in [1.807, 2.05) is 0 Å². The van der Waals surface area contributed by atoms with E-state index in [2.05, 4.69) is 5.32 Å². The summed E-state index contributed by atoms with van der Waals surface area (Å²) in [7, 11) is 0. The zero-order valence-electron chi connectivity index (χ0n) is 16.7. The first kappa shape index (κ1) is 23.4. The Kier molecular flexibility index (Phi) is 6.91. The zero-order valence-corrected chi connectivity index (χ0v) is 16.7. The van der Waals surface area contributed by atoms with Gasteiger partial charge in [-0.05, 0) is 42.2 Å². The summed E-state index contributed by atoms with van der Waals surface area (Å²) in [5, 5.41) is 2.27. The molecule has 0 spiro atoms. The van der Waals surface area contributed by atoms with Crippen molar-refractivity contribution in [1.29, 1.82) is 0 Å². The van der Waals surface area contributed by atoms with Gasteiger partial charge in [0.05, 0.1) is 11.1 Å². The average molecular weight is 451 g/mol. The predicted octanol–water partition coefficient (Wildman–Crippen LogP) is 6.76. The fraction of sp³-hybridized carbons (Fsp3) is 0.208. The number of nitrogens with one attached hydrogen (secondary N) is 1. The van der Waals surface area contributed by atoms with Gasteiger partial charge in [0.25, 0.3) is 0 Å². The Morgan fingerprint density at radius 1 is 0.688 bits per heavy atom. The van der Waals surface area contributed by atoms with Crippen LogP contribution in [0.1, 0.15) is 22.3 Å². The van der Waals surface area contributed by atoms with Crippen LogP contribution in [-0.2, 0) is 30.0 Å². The molecular formula is C24H19F6NO. The van der Waals surface area contributed by atoms with Gasteiger partial charge in [-0.3, -0.25) is 4.79 Å². The first-order valence-corrected chi connectivity index (χ1v) is 9.70. The lowest BCUT2D eigenvalue weighted by Gasteiger charge is -2.19. The molecule has 3 aromatic rings. The second-order valence-electron chi connectivity index (χ2n) is 7.36. The van der Waals surface area contributed by atoms with Gasteiger partial charge in [-0.15, -0.1) is 0 Å². The van der Waals surface area contributed by atoms with Gasteiger partial charge in [-0.1, -0.05) is 60.7 Å². The molecule has 0 atom stereocenters. The van der Waals surface area contributed by atoms with Gasteiger partial charge in [0, 0.05) is 11.6 Å². The molecule has 3 rings (SSSR count). The minimum atomic E-state index is -4.99. The molecule has 0 radical (unpaired) electrons. The fourth-order valence-electron chi connectivity index (χ4n) is 3.33. The average Bonchev–Trinajstić information content (AvgIpc) is 2.73. The van der Waals surface area contributed by atoms with Crippen molar-refractivity contribution in [2.75, 3.05) is 5.32 Å². The maximum atomic E-state index is 13.1. The van der Waals surface area contributed by atoms with E-state index in [4.69, 9.17) is 0 Å². The molecule has 2 nitrogen and oxygen atoms in total. The summed E-state index contributed by atoms with van der Waals surface area (Å²) in [6.45, 7) is 0. The van der Waals surface area contributed by atoms with Gasteiger partial charge in [-0.25, -0.2) is 0 Å². The van der Waals surface area contributed by atoms with Crippen molar-refractivity contribution in [2.24, 2.45) is 5.92 Å². The summed E-state index contributed by atoms with van der Waals surface area (Å²) < 4.78 is 78.8. The number of benzene rings is 3. The Labute approximate surface area is 180 Å². The molecule has 0 bridgehead atoms. The minimum absolute atomic E-state index is 0.0288. The number of alkyl halides is 6. The van der Waals surface area contributed by atoms with Crippen molar-refractivity contribution in [3.8, 4) is 0 Å². The Hall–Kier alpha value is -3.29. The highest BCUT2D eigenvalue weighted by atomic mass is 19.4. The summed E-state index contributed by atoms with van der Waals surface area (Å²) in [5.41, 5.74) is -1.87. The van der Waals surface area contributed by atoms with Gasteiger partial charge >= 0.3 is 12.4 Å². The van der Waals surface area contributed by atoms with E-state index in [1.54, 1.807) is 60.7 Å². The van der Waals surface area contributed by atoms with Gasteiger partial charge in [0.15, 0.2) is 0 Å². The standard InChI is InChI=1S/C24H19F6NO/c25-23(26,27)19-13-20(24(28,29)30)15-21(14-19)31-22(32)18(11-16-7-3-1-4-8-16)12-17-9-5-2-6-10-17/h1-10,13-15,18H,11-12H2,(H,31,32). The summed E-state index contributed by atoms with van der Waals surface area (Å²) in [5.74, 6) is -1.37. The Bertz CT molecular complexity index is 972. The molecule has 0 aromatic heterocycles. The van der Waals surface area contributed by atoms with E-state index in [9.17, 15) is 31.1 Å². The quantitative estimate of drug-likeness (QED) is 0.412. The molecule has 8 heteroatoms. The second kappa shape index (κ2) is 9.46. The monoisotopic (exact) mass is 451 g/mol. The van der Waals surface area contributed by atoms with Crippen molar-refractivity contribution in [2.45, 2.75) is 25.2 Å². The number of rotatable bonds is 6. The third-order valence-electron chi connectivity index (χ3n) is 4.88. The zero-order chi connectivity index (χ0) is 23.4. The molecule has 0 heterocycles. The Balaban J connectivity index is 1.91. The minimum Gasteiger partial charge on any atom is -0.326 e. The molecule has 1 amide bonds. The number of halogens is 6. The highest BCUT2D eigenvalue weighted by Crippen LogP contribution is 2.37. The number of amides is 1. The van der Waals surface area contributed by atoms with Crippen molar-refractivity contribution in [1.82, 2.24) is 0 Å². The lowest BCUT2D eigenvalue weighted by molar-refractivity contribution is -0.143. The van der Waals surface area contributed by atoms with Gasteiger partial charge in [0.2, 0.25) is 5.91 Å². The molecule has 0 aliphatic carbocycles. The van der Waals surface area contributed by atoms with E-state index in [0.717, 1.165) is 11.1 Å². The maximum absolute atomic E-state index is 13.1. The van der Waals surface area contributed by atoms with Gasteiger partial charge in [-0.2, -0.15) is 26.3 Å². The van der Waals surface area contributed by atoms with Crippen LogP contribution in [0, 0.1) is 5.92 Å². The van der Waals surface area contributed by atoms with E-state index in [-0.39, 0.29) is 18.9 Å². The lowest BCUT2D eigenvalue weighted by Crippen LogP contribution is -2.27. The van der Waals surface area contributed by atoms with E-state index in [0.29, 0.717) is 12.1 Å². The normalized spacial score (nSPS) is 12.1. The molecule has 1 N–H and O–H groups in total. The number of anilines is 1. The van der Waals surface area contributed by atoms with Gasteiger partial charge in [0.1, 0.15) is 0 Å². The van der Waals surface area contributed by atoms with Crippen LogP contribution in [0.2, 0.25) is 0 Å². The molecule has 3 aromatic carbocycles. The number of carbonyl (C=O) groups excluding carboxylic acids is 1. The number of carbonyl (C=O) groups is 1.